The highest BCUT2D eigenvalue weighted by molar-refractivity contribution is 5.89. The van der Waals surface area contributed by atoms with Crippen molar-refractivity contribution in [1.82, 2.24) is 9.88 Å². The summed E-state index contributed by atoms with van der Waals surface area (Å²) in [6.07, 6.45) is 4.00. The number of carbonyl (C=O) groups excluding carboxylic acids is 1. The highest BCUT2D eigenvalue weighted by Gasteiger charge is 2.17. The predicted octanol–water partition coefficient (Wildman–Crippen LogP) is 3.68. The molecule has 2 amide bonds. The van der Waals surface area contributed by atoms with E-state index in [0.717, 1.165) is 48.4 Å². The number of urea groups is 1. The number of aromatic nitrogens is 1. The summed E-state index contributed by atoms with van der Waals surface area (Å²) in [6, 6.07) is 11.9. The molecule has 0 saturated carbocycles. The van der Waals surface area contributed by atoms with Gasteiger partial charge in [0.05, 0.1) is 0 Å². The maximum atomic E-state index is 12.0. The fourth-order valence-corrected chi connectivity index (χ4v) is 2.65. The molecule has 1 N–H and O–H groups in total. The van der Waals surface area contributed by atoms with Gasteiger partial charge in [0.25, 0.3) is 0 Å². The van der Waals surface area contributed by atoms with Gasteiger partial charge in [-0.15, -0.1) is 0 Å². The molecule has 2 aromatic rings. The van der Waals surface area contributed by atoms with Crippen LogP contribution in [0.3, 0.4) is 0 Å². The number of benzene rings is 1. The molecular weight excluding hydrogens is 262 g/mol. The van der Waals surface area contributed by atoms with E-state index >= 15 is 0 Å². The minimum absolute atomic E-state index is 0.00203. The molecule has 0 spiro atoms. The largest absolute Gasteiger partial charge is 0.325 e. The Morgan fingerprint density at radius 1 is 1.14 bits per heavy atom. The molecular formula is C17H19N3O. The maximum absolute atomic E-state index is 12.0. The maximum Gasteiger partial charge on any atom is 0.321 e. The van der Waals surface area contributed by atoms with Crippen molar-refractivity contribution >= 4 is 11.7 Å². The quantitative estimate of drug-likeness (QED) is 0.912. The Hall–Kier alpha value is -2.36. The average molecular weight is 281 g/mol. The lowest BCUT2D eigenvalue weighted by molar-refractivity contribution is 0.222. The van der Waals surface area contributed by atoms with Crippen molar-refractivity contribution in [1.29, 1.82) is 0 Å². The molecule has 0 unspecified atom stereocenters. The van der Waals surface area contributed by atoms with Crippen LogP contribution in [0.15, 0.2) is 42.6 Å². The van der Waals surface area contributed by atoms with E-state index in [1.54, 1.807) is 6.20 Å². The lowest BCUT2D eigenvalue weighted by Crippen LogP contribution is -2.32. The van der Waals surface area contributed by atoms with Crippen molar-refractivity contribution in [3.8, 4) is 11.1 Å². The molecule has 0 bridgehead atoms. The van der Waals surface area contributed by atoms with Crippen molar-refractivity contribution in [2.75, 3.05) is 18.4 Å². The van der Waals surface area contributed by atoms with Gasteiger partial charge in [0.15, 0.2) is 0 Å². The highest BCUT2D eigenvalue weighted by Crippen LogP contribution is 2.23. The first-order valence-corrected chi connectivity index (χ1v) is 7.32. The van der Waals surface area contributed by atoms with Crippen LogP contribution in [0, 0.1) is 6.92 Å². The number of nitrogens with zero attached hydrogens (tertiary/aromatic N) is 2. The normalized spacial score (nSPS) is 14.2. The SMILES string of the molecule is Cc1ncccc1-c1ccc(NC(=O)N2CCCC2)cc1. The van der Waals surface area contributed by atoms with E-state index in [1.165, 1.54) is 0 Å². The van der Waals surface area contributed by atoms with Crippen LogP contribution < -0.4 is 5.32 Å². The zero-order valence-electron chi connectivity index (χ0n) is 12.2. The van der Waals surface area contributed by atoms with E-state index in [-0.39, 0.29) is 6.03 Å². The Kier molecular flexibility index (Phi) is 3.86. The van der Waals surface area contributed by atoms with E-state index < -0.39 is 0 Å². The molecule has 1 saturated heterocycles. The molecule has 1 aromatic heterocycles. The number of aryl methyl sites for hydroxylation is 1. The predicted molar refractivity (Wildman–Crippen MR) is 84.2 cm³/mol. The minimum Gasteiger partial charge on any atom is -0.325 e. The number of anilines is 1. The first kappa shape index (κ1) is 13.6. The highest BCUT2D eigenvalue weighted by atomic mass is 16.2. The Balaban J connectivity index is 1.72. The number of hydrogen-bond acceptors (Lipinski definition) is 2. The van der Waals surface area contributed by atoms with Gasteiger partial charge in [-0.2, -0.15) is 0 Å². The number of pyridine rings is 1. The van der Waals surface area contributed by atoms with Crippen molar-refractivity contribution < 1.29 is 4.79 Å². The van der Waals surface area contributed by atoms with Crippen LogP contribution in [0.2, 0.25) is 0 Å². The second kappa shape index (κ2) is 5.95. The molecule has 4 nitrogen and oxygen atoms in total. The number of rotatable bonds is 2. The summed E-state index contributed by atoms with van der Waals surface area (Å²) >= 11 is 0. The van der Waals surface area contributed by atoms with Crippen LogP contribution in [0.5, 0.6) is 0 Å². The average Bonchev–Trinajstić information content (AvgIpc) is 3.03. The molecule has 1 aliphatic heterocycles. The molecule has 1 aliphatic rings. The van der Waals surface area contributed by atoms with E-state index in [2.05, 4.69) is 16.4 Å². The molecule has 1 fully saturated rings. The van der Waals surface area contributed by atoms with Crippen molar-refractivity contribution in [2.24, 2.45) is 0 Å². The smallest absolute Gasteiger partial charge is 0.321 e. The summed E-state index contributed by atoms with van der Waals surface area (Å²) in [5, 5.41) is 2.95. The third-order valence-electron chi connectivity index (χ3n) is 3.85. The van der Waals surface area contributed by atoms with Crippen molar-refractivity contribution in [3.63, 3.8) is 0 Å². The van der Waals surface area contributed by atoms with Crippen LogP contribution in [0.4, 0.5) is 10.5 Å². The van der Waals surface area contributed by atoms with Gasteiger partial charge in [0.2, 0.25) is 0 Å². The molecule has 0 atom stereocenters. The first-order valence-electron chi connectivity index (χ1n) is 7.32. The van der Waals surface area contributed by atoms with Gasteiger partial charge in [0, 0.05) is 36.2 Å². The summed E-state index contributed by atoms with van der Waals surface area (Å²) in [4.78, 5) is 18.2. The number of nitrogens with one attached hydrogen (secondary N) is 1. The van der Waals surface area contributed by atoms with Crippen LogP contribution in [0.1, 0.15) is 18.5 Å². The lowest BCUT2D eigenvalue weighted by atomic mass is 10.0. The van der Waals surface area contributed by atoms with Crippen LogP contribution in [-0.2, 0) is 0 Å². The summed E-state index contributed by atoms with van der Waals surface area (Å²) in [7, 11) is 0. The van der Waals surface area contributed by atoms with Crippen LogP contribution >= 0.6 is 0 Å². The van der Waals surface area contributed by atoms with E-state index in [1.807, 2.05) is 42.2 Å². The molecule has 1 aromatic carbocycles. The summed E-state index contributed by atoms with van der Waals surface area (Å²) in [5.41, 5.74) is 4.07. The second-order valence-electron chi connectivity index (χ2n) is 5.34. The third-order valence-corrected chi connectivity index (χ3v) is 3.85. The lowest BCUT2D eigenvalue weighted by Gasteiger charge is -2.16. The number of likely N-dealkylation sites (tertiary alicyclic amines) is 1. The van der Waals surface area contributed by atoms with E-state index in [4.69, 9.17) is 0 Å². The zero-order chi connectivity index (χ0) is 14.7. The minimum atomic E-state index is -0.00203. The van der Waals surface area contributed by atoms with Gasteiger partial charge in [0.1, 0.15) is 0 Å². The Bertz CT molecular complexity index is 631. The van der Waals surface area contributed by atoms with Gasteiger partial charge in [-0.1, -0.05) is 18.2 Å². The van der Waals surface area contributed by atoms with Gasteiger partial charge in [-0.3, -0.25) is 4.98 Å². The van der Waals surface area contributed by atoms with Gasteiger partial charge < -0.3 is 10.2 Å². The van der Waals surface area contributed by atoms with Crippen molar-refractivity contribution in [3.05, 3.63) is 48.3 Å². The first-order chi connectivity index (χ1) is 10.2. The number of amides is 2. The molecule has 108 valence electrons. The molecule has 2 heterocycles. The van der Waals surface area contributed by atoms with E-state index in [9.17, 15) is 4.79 Å². The third kappa shape index (κ3) is 3.05. The van der Waals surface area contributed by atoms with Gasteiger partial charge >= 0.3 is 6.03 Å². The molecule has 0 aliphatic carbocycles. The standard InChI is InChI=1S/C17H19N3O/c1-13-16(5-4-10-18-13)14-6-8-15(9-7-14)19-17(21)20-11-2-3-12-20/h4-10H,2-3,11-12H2,1H3,(H,19,21). The van der Waals surface area contributed by atoms with E-state index in [0.29, 0.717) is 0 Å². The molecule has 3 rings (SSSR count). The Morgan fingerprint density at radius 3 is 2.52 bits per heavy atom. The molecule has 4 heteroatoms. The van der Waals surface area contributed by atoms with Gasteiger partial charge in [-0.25, -0.2) is 4.79 Å². The Morgan fingerprint density at radius 2 is 1.86 bits per heavy atom. The topological polar surface area (TPSA) is 45.2 Å². The van der Waals surface area contributed by atoms with Gasteiger partial charge in [-0.05, 0) is 43.5 Å². The number of carbonyl (C=O) groups is 1. The fourth-order valence-electron chi connectivity index (χ4n) is 2.65. The summed E-state index contributed by atoms with van der Waals surface area (Å²) in [6.45, 7) is 3.72. The fraction of sp³-hybridized carbons (Fsp3) is 0.294. The second-order valence-corrected chi connectivity index (χ2v) is 5.34. The summed E-state index contributed by atoms with van der Waals surface area (Å²) < 4.78 is 0. The summed E-state index contributed by atoms with van der Waals surface area (Å²) in [5.74, 6) is 0. The number of hydrogen-bond donors (Lipinski definition) is 1. The molecule has 0 radical (unpaired) electrons. The van der Waals surface area contributed by atoms with Crippen LogP contribution in [0.25, 0.3) is 11.1 Å². The van der Waals surface area contributed by atoms with Crippen LogP contribution in [-0.4, -0.2) is 29.0 Å². The zero-order valence-corrected chi connectivity index (χ0v) is 12.2. The molecule has 21 heavy (non-hydrogen) atoms. The van der Waals surface area contributed by atoms with Crippen molar-refractivity contribution in [2.45, 2.75) is 19.8 Å². The Labute approximate surface area is 124 Å². The monoisotopic (exact) mass is 281 g/mol.